The second-order valence-corrected chi connectivity index (χ2v) is 7.21. The van der Waals surface area contributed by atoms with Gasteiger partial charge < -0.3 is 10.1 Å². The lowest BCUT2D eigenvalue weighted by molar-refractivity contribution is -0.119. The van der Waals surface area contributed by atoms with E-state index in [0.717, 1.165) is 11.6 Å². The van der Waals surface area contributed by atoms with Gasteiger partial charge in [0.1, 0.15) is 23.3 Å². The molecule has 1 aliphatic heterocycles. The van der Waals surface area contributed by atoms with Gasteiger partial charge in [0.25, 0.3) is 5.91 Å². The van der Waals surface area contributed by atoms with Crippen molar-refractivity contribution in [2.45, 2.75) is 39.3 Å². The van der Waals surface area contributed by atoms with E-state index in [2.05, 4.69) is 5.32 Å². The normalized spacial score (nSPS) is 17.3. The molecule has 1 N–H and O–H groups in total. The van der Waals surface area contributed by atoms with Crippen LogP contribution < -0.4 is 5.32 Å². The molecule has 1 unspecified atom stereocenters. The molecule has 0 aliphatic carbocycles. The van der Waals surface area contributed by atoms with Gasteiger partial charge in [-0.25, -0.2) is 13.6 Å². The van der Waals surface area contributed by atoms with Crippen LogP contribution in [0, 0.1) is 11.6 Å². The number of carbonyl (C=O) groups is 2. The largest absolute Gasteiger partial charge is 0.444 e. The van der Waals surface area contributed by atoms with Crippen LogP contribution in [0.25, 0.3) is 0 Å². The zero-order valence-electron chi connectivity index (χ0n) is 14.3. The number of ether oxygens (including phenoxy) is 1. The van der Waals surface area contributed by atoms with Crippen molar-refractivity contribution in [1.29, 1.82) is 0 Å². The summed E-state index contributed by atoms with van der Waals surface area (Å²) in [6.07, 6.45) is 0.931. The van der Waals surface area contributed by atoms with Gasteiger partial charge in [-0.1, -0.05) is 23.3 Å². The first-order valence-electron chi connectivity index (χ1n) is 7.60. The van der Waals surface area contributed by atoms with Crippen molar-refractivity contribution in [2.24, 2.45) is 0 Å². The van der Waals surface area contributed by atoms with Gasteiger partial charge in [0.05, 0.1) is 10.7 Å². The lowest BCUT2D eigenvalue weighted by atomic mass is 10.2. The first-order valence-corrected chi connectivity index (χ1v) is 7.98. The molecule has 0 bridgehead atoms. The molecule has 0 saturated carbocycles. The minimum Gasteiger partial charge on any atom is -0.444 e. The minimum absolute atomic E-state index is 0.222. The Hall–Kier alpha value is -2.15. The van der Waals surface area contributed by atoms with E-state index in [1.54, 1.807) is 33.8 Å². The van der Waals surface area contributed by atoms with Gasteiger partial charge in [-0.15, -0.1) is 0 Å². The molecule has 1 heterocycles. The van der Waals surface area contributed by atoms with Crippen molar-refractivity contribution in [2.75, 3.05) is 11.9 Å². The van der Waals surface area contributed by atoms with E-state index < -0.39 is 35.3 Å². The summed E-state index contributed by atoms with van der Waals surface area (Å²) in [5.74, 6) is -2.54. The van der Waals surface area contributed by atoms with Crippen molar-refractivity contribution in [3.8, 4) is 0 Å². The fraction of sp³-hybridized carbons (Fsp3) is 0.412. The number of hydrogen-bond donors (Lipinski definition) is 1. The summed E-state index contributed by atoms with van der Waals surface area (Å²) in [4.78, 5) is 26.0. The maximum absolute atomic E-state index is 13.8. The highest BCUT2D eigenvalue weighted by molar-refractivity contribution is 6.31. The summed E-state index contributed by atoms with van der Waals surface area (Å²) in [5, 5.41) is 2.01. The standard InChI is InChI=1S/C17H19ClF2N2O3/c1-9-5-14(22(8-9)16(24)25-17(2,3)4)15(23)21-13-6-10(18)11(19)7-12(13)20/h5-7,14H,8H2,1-4H3,(H,21,23). The van der Waals surface area contributed by atoms with Crippen LogP contribution >= 0.6 is 11.6 Å². The molecule has 25 heavy (non-hydrogen) atoms. The van der Waals surface area contributed by atoms with Gasteiger partial charge in [0.15, 0.2) is 0 Å². The van der Waals surface area contributed by atoms with Crippen LogP contribution in [0.5, 0.6) is 0 Å². The summed E-state index contributed by atoms with van der Waals surface area (Å²) in [6.45, 7) is 7.13. The van der Waals surface area contributed by atoms with Crippen molar-refractivity contribution >= 4 is 29.3 Å². The quantitative estimate of drug-likeness (QED) is 0.627. The molecule has 2 amide bonds. The van der Waals surface area contributed by atoms with Crippen molar-refractivity contribution in [3.05, 3.63) is 40.4 Å². The van der Waals surface area contributed by atoms with Crippen molar-refractivity contribution in [1.82, 2.24) is 4.90 Å². The maximum Gasteiger partial charge on any atom is 0.411 e. The second-order valence-electron chi connectivity index (χ2n) is 6.80. The van der Waals surface area contributed by atoms with Gasteiger partial charge in [0.2, 0.25) is 0 Å². The first kappa shape index (κ1) is 19.2. The molecule has 1 aromatic rings. The number of halogens is 3. The van der Waals surface area contributed by atoms with Crippen LogP contribution in [0.2, 0.25) is 5.02 Å². The van der Waals surface area contributed by atoms with E-state index in [1.165, 1.54) is 4.90 Å². The number of nitrogens with one attached hydrogen (secondary N) is 1. The topological polar surface area (TPSA) is 58.6 Å². The molecule has 0 saturated heterocycles. The summed E-state index contributed by atoms with van der Waals surface area (Å²) >= 11 is 5.61. The molecule has 1 atom stereocenters. The number of anilines is 1. The van der Waals surface area contributed by atoms with Gasteiger partial charge in [0, 0.05) is 12.6 Å². The van der Waals surface area contributed by atoms with E-state index >= 15 is 0 Å². The molecule has 2 rings (SSSR count). The molecule has 0 fully saturated rings. The lowest BCUT2D eigenvalue weighted by Gasteiger charge is -2.28. The Kier molecular flexibility index (Phi) is 5.37. The van der Waals surface area contributed by atoms with E-state index in [9.17, 15) is 18.4 Å². The Morgan fingerprint density at radius 2 is 1.92 bits per heavy atom. The highest BCUT2D eigenvalue weighted by atomic mass is 35.5. The Morgan fingerprint density at radius 1 is 1.28 bits per heavy atom. The zero-order chi connectivity index (χ0) is 18.9. The Balaban J connectivity index is 2.19. The van der Waals surface area contributed by atoms with E-state index in [-0.39, 0.29) is 17.3 Å². The van der Waals surface area contributed by atoms with Crippen LogP contribution in [0.15, 0.2) is 23.8 Å². The molecule has 136 valence electrons. The summed E-state index contributed by atoms with van der Waals surface area (Å²) in [5.41, 5.74) is -0.187. The molecule has 0 radical (unpaired) electrons. The number of nitrogens with zero attached hydrogens (tertiary/aromatic N) is 1. The minimum atomic E-state index is -0.960. The average Bonchev–Trinajstić information content (AvgIpc) is 2.85. The summed E-state index contributed by atoms with van der Waals surface area (Å²) in [6, 6.07) is 0.602. The number of carbonyl (C=O) groups excluding carboxylic acids is 2. The average molecular weight is 373 g/mol. The SMILES string of the molecule is CC1=CC(C(=O)Nc2cc(Cl)c(F)cc2F)N(C(=O)OC(C)(C)C)C1. The smallest absolute Gasteiger partial charge is 0.411 e. The molecule has 1 aromatic carbocycles. The van der Waals surface area contributed by atoms with Crippen LogP contribution in [0.1, 0.15) is 27.7 Å². The zero-order valence-corrected chi connectivity index (χ0v) is 15.1. The number of rotatable bonds is 2. The molecule has 8 heteroatoms. The molecular weight excluding hydrogens is 354 g/mol. The number of benzene rings is 1. The third-order valence-corrected chi connectivity index (χ3v) is 3.65. The first-order chi connectivity index (χ1) is 11.5. The van der Waals surface area contributed by atoms with Gasteiger partial charge in [-0.3, -0.25) is 9.69 Å². The Morgan fingerprint density at radius 3 is 2.52 bits per heavy atom. The molecular formula is C17H19ClF2N2O3. The van der Waals surface area contributed by atoms with E-state index in [1.807, 2.05) is 0 Å². The van der Waals surface area contributed by atoms with Crippen molar-refractivity contribution in [3.63, 3.8) is 0 Å². The predicted octanol–water partition coefficient (Wildman–Crippen LogP) is 4.12. The monoisotopic (exact) mass is 372 g/mol. The molecule has 1 aliphatic rings. The highest BCUT2D eigenvalue weighted by Crippen LogP contribution is 2.25. The molecule has 0 aromatic heterocycles. The molecule has 0 spiro atoms. The molecule has 5 nitrogen and oxygen atoms in total. The van der Waals surface area contributed by atoms with Crippen LogP contribution in [-0.4, -0.2) is 35.1 Å². The van der Waals surface area contributed by atoms with E-state index in [0.29, 0.717) is 6.07 Å². The third-order valence-electron chi connectivity index (χ3n) is 3.36. The fourth-order valence-corrected chi connectivity index (χ4v) is 2.48. The number of amides is 2. The predicted molar refractivity (Wildman–Crippen MR) is 90.5 cm³/mol. The van der Waals surface area contributed by atoms with Gasteiger partial charge in [-0.2, -0.15) is 0 Å². The van der Waals surface area contributed by atoms with Crippen LogP contribution in [0.4, 0.5) is 19.3 Å². The third kappa shape index (κ3) is 4.69. The van der Waals surface area contributed by atoms with Crippen LogP contribution in [0.3, 0.4) is 0 Å². The Bertz CT molecular complexity index is 744. The highest BCUT2D eigenvalue weighted by Gasteiger charge is 2.35. The van der Waals surface area contributed by atoms with Gasteiger partial charge >= 0.3 is 6.09 Å². The number of hydrogen-bond acceptors (Lipinski definition) is 3. The summed E-state index contributed by atoms with van der Waals surface area (Å²) < 4.78 is 32.3. The maximum atomic E-state index is 13.8. The second kappa shape index (κ2) is 7.00. The van der Waals surface area contributed by atoms with E-state index in [4.69, 9.17) is 16.3 Å². The van der Waals surface area contributed by atoms with Crippen molar-refractivity contribution < 1.29 is 23.1 Å². The lowest BCUT2D eigenvalue weighted by Crippen LogP contribution is -2.45. The fourth-order valence-electron chi connectivity index (χ4n) is 2.32. The van der Waals surface area contributed by atoms with Gasteiger partial charge in [-0.05, 0) is 33.8 Å². The van der Waals surface area contributed by atoms with Crippen LogP contribution in [-0.2, 0) is 9.53 Å². The Labute approximate surface area is 149 Å². The summed E-state index contributed by atoms with van der Waals surface area (Å²) in [7, 11) is 0.